The van der Waals surface area contributed by atoms with Crippen LogP contribution >= 0.6 is 22.9 Å². The van der Waals surface area contributed by atoms with Gasteiger partial charge in [-0.1, -0.05) is 41.9 Å². The normalized spacial score (nSPS) is 18.5. The standard InChI is InChI=1S/C17H20ClNOS/c18-17-9-8-16(21-17)13-19(12-15-7-4-10-20-15)11-14-5-2-1-3-6-14/h1-3,5-6,8-9,15H,4,7,10-13H2. The fourth-order valence-electron chi connectivity index (χ4n) is 2.76. The molecule has 1 atom stereocenters. The molecule has 0 saturated carbocycles. The molecule has 0 spiro atoms. The van der Waals surface area contributed by atoms with E-state index >= 15 is 0 Å². The summed E-state index contributed by atoms with van der Waals surface area (Å²) in [4.78, 5) is 3.78. The maximum atomic E-state index is 6.05. The summed E-state index contributed by atoms with van der Waals surface area (Å²) >= 11 is 7.72. The monoisotopic (exact) mass is 321 g/mol. The molecular weight excluding hydrogens is 302 g/mol. The lowest BCUT2D eigenvalue weighted by molar-refractivity contribution is 0.0682. The molecule has 112 valence electrons. The maximum absolute atomic E-state index is 6.05. The lowest BCUT2D eigenvalue weighted by atomic mass is 10.2. The van der Waals surface area contributed by atoms with Crippen LogP contribution in [0.1, 0.15) is 23.3 Å². The van der Waals surface area contributed by atoms with Crippen LogP contribution in [0.15, 0.2) is 42.5 Å². The first-order valence-corrected chi connectivity index (χ1v) is 8.61. The molecule has 0 bridgehead atoms. The number of thiophene rings is 1. The van der Waals surface area contributed by atoms with E-state index in [2.05, 4.69) is 41.3 Å². The van der Waals surface area contributed by atoms with Gasteiger partial charge in [0.05, 0.1) is 10.4 Å². The summed E-state index contributed by atoms with van der Waals surface area (Å²) in [6, 6.07) is 14.7. The quantitative estimate of drug-likeness (QED) is 0.772. The van der Waals surface area contributed by atoms with E-state index in [1.54, 1.807) is 11.3 Å². The van der Waals surface area contributed by atoms with Gasteiger partial charge in [-0.2, -0.15) is 0 Å². The van der Waals surface area contributed by atoms with E-state index in [9.17, 15) is 0 Å². The molecule has 3 rings (SSSR count). The van der Waals surface area contributed by atoms with Gasteiger partial charge in [0.15, 0.2) is 0 Å². The van der Waals surface area contributed by atoms with E-state index in [-0.39, 0.29) is 0 Å². The first kappa shape index (κ1) is 15.0. The van der Waals surface area contributed by atoms with Gasteiger partial charge in [-0.05, 0) is 30.5 Å². The molecule has 1 saturated heterocycles. The summed E-state index contributed by atoms with van der Waals surface area (Å²) in [6.07, 6.45) is 2.75. The van der Waals surface area contributed by atoms with Gasteiger partial charge in [-0.3, -0.25) is 4.90 Å². The number of hydrogen-bond donors (Lipinski definition) is 0. The lowest BCUT2D eigenvalue weighted by Crippen LogP contribution is -2.31. The highest BCUT2D eigenvalue weighted by atomic mass is 35.5. The Hall–Kier alpha value is -0.870. The molecule has 1 unspecified atom stereocenters. The van der Waals surface area contributed by atoms with Gasteiger partial charge >= 0.3 is 0 Å². The Labute approximate surface area is 135 Å². The number of rotatable bonds is 6. The minimum absolute atomic E-state index is 0.379. The number of hydrogen-bond acceptors (Lipinski definition) is 3. The molecule has 2 nitrogen and oxygen atoms in total. The summed E-state index contributed by atoms with van der Waals surface area (Å²) in [6.45, 7) is 3.79. The van der Waals surface area contributed by atoms with Gasteiger partial charge in [0, 0.05) is 31.1 Å². The molecule has 1 fully saturated rings. The molecule has 0 aliphatic carbocycles. The molecule has 2 aromatic rings. The van der Waals surface area contributed by atoms with Crippen molar-refractivity contribution in [2.45, 2.75) is 32.0 Å². The van der Waals surface area contributed by atoms with Crippen LogP contribution in [0.3, 0.4) is 0 Å². The first-order chi connectivity index (χ1) is 10.3. The fourth-order valence-corrected chi connectivity index (χ4v) is 3.89. The number of ether oxygens (including phenoxy) is 1. The van der Waals surface area contributed by atoms with Crippen LogP contribution in [-0.4, -0.2) is 24.2 Å². The summed E-state index contributed by atoms with van der Waals surface area (Å²) in [7, 11) is 0. The first-order valence-electron chi connectivity index (χ1n) is 7.42. The number of nitrogens with zero attached hydrogens (tertiary/aromatic N) is 1. The molecule has 1 aliphatic rings. The van der Waals surface area contributed by atoms with Gasteiger partial charge in [0.25, 0.3) is 0 Å². The molecule has 0 N–H and O–H groups in total. The predicted octanol–water partition coefficient (Wildman–Crippen LogP) is 4.58. The van der Waals surface area contributed by atoms with Gasteiger partial charge in [-0.15, -0.1) is 11.3 Å². The average molecular weight is 322 g/mol. The van der Waals surface area contributed by atoms with Crippen molar-refractivity contribution in [1.82, 2.24) is 4.90 Å². The van der Waals surface area contributed by atoms with Crippen molar-refractivity contribution < 1.29 is 4.74 Å². The highest BCUT2D eigenvalue weighted by molar-refractivity contribution is 7.16. The van der Waals surface area contributed by atoms with Crippen molar-refractivity contribution in [3.63, 3.8) is 0 Å². The van der Waals surface area contributed by atoms with E-state index in [4.69, 9.17) is 16.3 Å². The Kier molecular flexibility index (Phi) is 5.31. The minimum atomic E-state index is 0.379. The lowest BCUT2D eigenvalue weighted by Gasteiger charge is -2.24. The van der Waals surface area contributed by atoms with Gasteiger partial charge in [0.2, 0.25) is 0 Å². The predicted molar refractivity (Wildman–Crippen MR) is 88.9 cm³/mol. The Bertz CT molecular complexity index is 551. The van der Waals surface area contributed by atoms with Gasteiger partial charge in [-0.25, -0.2) is 0 Å². The largest absolute Gasteiger partial charge is 0.377 e. The summed E-state index contributed by atoms with van der Waals surface area (Å²) in [5.41, 5.74) is 1.35. The van der Waals surface area contributed by atoms with Crippen LogP contribution in [0.25, 0.3) is 0 Å². The van der Waals surface area contributed by atoms with Crippen LogP contribution in [0, 0.1) is 0 Å². The number of halogens is 1. The number of benzene rings is 1. The third-order valence-corrected chi connectivity index (χ3v) is 4.96. The second-order valence-corrected chi connectivity index (χ2v) is 7.30. The van der Waals surface area contributed by atoms with Crippen LogP contribution < -0.4 is 0 Å². The summed E-state index contributed by atoms with van der Waals surface area (Å²) < 4.78 is 6.66. The van der Waals surface area contributed by atoms with Gasteiger partial charge in [0.1, 0.15) is 0 Å². The van der Waals surface area contributed by atoms with Crippen molar-refractivity contribution in [3.8, 4) is 0 Å². The van der Waals surface area contributed by atoms with Gasteiger partial charge < -0.3 is 4.74 Å². The second kappa shape index (κ2) is 7.41. The molecule has 1 aromatic carbocycles. The molecule has 0 amide bonds. The summed E-state index contributed by atoms with van der Waals surface area (Å²) in [5.74, 6) is 0. The minimum Gasteiger partial charge on any atom is -0.377 e. The Morgan fingerprint density at radius 3 is 2.67 bits per heavy atom. The van der Waals surface area contributed by atoms with E-state index in [0.29, 0.717) is 6.10 Å². The molecule has 4 heteroatoms. The van der Waals surface area contributed by atoms with Crippen molar-refractivity contribution in [2.24, 2.45) is 0 Å². The zero-order valence-electron chi connectivity index (χ0n) is 12.0. The average Bonchev–Trinajstić information content (AvgIpc) is 3.12. The van der Waals surface area contributed by atoms with Crippen LogP contribution in [0.4, 0.5) is 0 Å². The van der Waals surface area contributed by atoms with Crippen molar-refractivity contribution in [1.29, 1.82) is 0 Å². The molecule has 2 heterocycles. The fraction of sp³-hybridized carbons (Fsp3) is 0.412. The molecular formula is C17H20ClNOS. The highest BCUT2D eigenvalue weighted by Crippen LogP contribution is 2.24. The molecule has 1 aromatic heterocycles. The molecule has 0 radical (unpaired) electrons. The van der Waals surface area contributed by atoms with Crippen LogP contribution in [-0.2, 0) is 17.8 Å². The van der Waals surface area contributed by atoms with E-state index in [1.807, 2.05) is 6.07 Å². The third kappa shape index (κ3) is 4.55. The zero-order chi connectivity index (χ0) is 14.5. The Balaban J connectivity index is 1.67. The van der Waals surface area contributed by atoms with Crippen molar-refractivity contribution in [3.05, 3.63) is 57.2 Å². The van der Waals surface area contributed by atoms with Crippen molar-refractivity contribution in [2.75, 3.05) is 13.2 Å². The second-order valence-electron chi connectivity index (χ2n) is 5.50. The summed E-state index contributed by atoms with van der Waals surface area (Å²) in [5, 5.41) is 0. The molecule has 21 heavy (non-hydrogen) atoms. The highest BCUT2D eigenvalue weighted by Gasteiger charge is 2.20. The smallest absolute Gasteiger partial charge is 0.0931 e. The van der Waals surface area contributed by atoms with E-state index in [1.165, 1.54) is 23.3 Å². The Morgan fingerprint density at radius 2 is 2.00 bits per heavy atom. The zero-order valence-corrected chi connectivity index (χ0v) is 13.6. The van der Waals surface area contributed by atoms with E-state index in [0.717, 1.165) is 30.6 Å². The van der Waals surface area contributed by atoms with Crippen LogP contribution in [0.2, 0.25) is 4.34 Å². The maximum Gasteiger partial charge on any atom is 0.0931 e. The topological polar surface area (TPSA) is 12.5 Å². The van der Waals surface area contributed by atoms with E-state index < -0.39 is 0 Å². The van der Waals surface area contributed by atoms with Crippen LogP contribution in [0.5, 0.6) is 0 Å². The third-order valence-electron chi connectivity index (χ3n) is 3.74. The Morgan fingerprint density at radius 1 is 1.14 bits per heavy atom. The molecule has 1 aliphatic heterocycles. The SMILES string of the molecule is Clc1ccc(CN(Cc2ccccc2)CC2CCCO2)s1. The van der Waals surface area contributed by atoms with Crippen molar-refractivity contribution >= 4 is 22.9 Å².